The van der Waals surface area contributed by atoms with E-state index >= 15 is 0 Å². The zero-order chi connectivity index (χ0) is 11.4. The van der Waals surface area contributed by atoms with Gasteiger partial charge in [0.1, 0.15) is 0 Å². The molecule has 0 aliphatic heterocycles. The third kappa shape index (κ3) is 3.68. The van der Waals surface area contributed by atoms with Crippen molar-refractivity contribution < 1.29 is 15.1 Å². The number of hydrogen-bond donors (Lipinski definition) is 3. The molecule has 1 atom stereocenters. The minimum Gasteiger partial charge on any atom is -0.481 e. The summed E-state index contributed by atoms with van der Waals surface area (Å²) in [4.78, 5) is 10.5. The van der Waals surface area contributed by atoms with Crippen LogP contribution < -0.4 is 5.48 Å². The molecule has 0 heterocycles. The first-order valence-electron chi connectivity index (χ1n) is 4.10. The van der Waals surface area contributed by atoms with Crippen molar-refractivity contribution >= 4 is 29.2 Å². The molecule has 0 fully saturated rings. The summed E-state index contributed by atoms with van der Waals surface area (Å²) in [5.74, 6) is -1.03. The van der Waals surface area contributed by atoms with Gasteiger partial charge in [0, 0.05) is 10.0 Å². The van der Waals surface area contributed by atoms with Crippen LogP contribution in [0.4, 0.5) is 0 Å². The molecule has 0 aromatic heterocycles. The van der Waals surface area contributed by atoms with Crippen LogP contribution in [0.2, 0.25) is 10.0 Å². The highest BCUT2D eigenvalue weighted by atomic mass is 35.5. The summed E-state index contributed by atoms with van der Waals surface area (Å²) in [6.07, 6.45) is -0.257. The van der Waals surface area contributed by atoms with E-state index in [-0.39, 0.29) is 6.42 Å². The Hall–Kier alpha value is -0.810. The molecule has 0 saturated carbocycles. The van der Waals surface area contributed by atoms with Gasteiger partial charge in [-0.3, -0.25) is 4.79 Å². The zero-order valence-corrected chi connectivity index (χ0v) is 9.09. The average Bonchev–Trinajstić information content (AvgIpc) is 2.12. The van der Waals surface area contributed by atoms with Crippen LogP contribution in [-0.4, -0.2) is 16.3 Å². The Bertz CT molecular complexity index is 350. The van der Waals surface area contributed by atoms with E-state index in [4.69, 9.17) is 33.5 Å². The first-order chi connectivity index (χ1) is 7.02. The Morgan fingerprint density at radius 2 is 1.87 bits per heavy atom. The molecule has 0 aliphatic carbocycles. The number of carboxylic acid groups (broad SMARTS) is 1. The molecule has 0 spiro atoms. The number of carbonyl (C=O) groups is 1. The molecule has 3 N–H and O–H groups in total. The van der Waals surface area contributed by atoms with Crippen LogP contribution in [0.15, 0.2) is 18.2 Å². The predicted octanol–water partition coefficient (Wildman–Crippen LogP) is 2.49. The van der Waals surface area contributed by atoms with Crippen molar-refractivity contribution in [1.29, 1.82) is 0 Å². The molecule has 0 aliphatic rings. The van der Waals surface area contributed by atoms with Crippen LogP contribution in [0.5, 0.6) is 0 Å². The fourth-order valence-corrected chi connectivity index (χ4v) is 1.73. The lowest BCUT2D eigenvalue weighted by Gasteiger charge is -2.13. The smallest absolute Gasteiger partial charge is 0.305 e. The molecular weight excluding hydrogens is 241 g/mol. The molecule has 0 radical (unpaired) electrons. The first kappa shape index (κ1) is 12.3. The lowest BCUT2D eigenvalue weighted by Crippen LogP contribution is -2.20. The highest BCUT2D eigenvalue weighted by Gasteiger charge is 2.15. The lowest BCUT2D eigenvalue weighted by molar-refractivity contribution is -0.138. The van der Waals surface area contributed by atoms with Gasteiger partial charge in [0.15, 0.2) is 0 Å². The van der Waals surface area contributed by atoms with Crippen LogP contribution in [0, 0.1) is 0 Å². The number of hydrogen-bond acceptors (Lipinski definition) is 3. The van der Waals surface area contributed by atoms with E-state index in [9.17, 15) is 4.79 Å². The van der Waals surface area contributed by atoms with Gasteiger partial charge in [-0.15, -0.1) is 0 Å². The molecule has 82 valence electrons. The fourth-order valence-electron chi connectivity index (χ4n) is 1.19. The van der Waals surface area contributed by atoms with Crippen LogP contribution in [0.3, 0.4) is 0 Å². The molecule has 4 nitrogen and oxygen atoms in total. The number of halogens is 2. The van der Waals surface area contributed by atoms with E-state index in [1.54, 1.807) is 12.1 Å². The van der Waals surface area contributed by atoms with Crippen LogP contribution >= 0.6 is 23.2 Å². The summed E-state index contributed by atoms with van der Waals surface area (Å²) in [6, 6.07) is 3.90. The summed E-state index contributed by atoms with van der Waals surface area (Å²) in [5, 5.41) is 18.2. The molecule has 15 heavy (non-hydrogen) atoms. The highest BCUT2D eigenvalue weighted by molar-refractivity contribution is 6.34. The van der Waals surface area contributed by atoms with Gasteiger partial charge in [-0.2, -0.15) is 5.48 Å². The van der Waals surface area contributed by atoms with Gasteiger partial charge in [-0.25, -0.2) is 0 Å². The largest absolute Gasteiger partial charge is 0.481 e. The lowest BCUT2D eigenvalue weighted by atomic mass is 10.0. The van der Waals surface area contributed by atoms with Gasteiger partial charge >= 0.3 is 5.97 Å². The Morgan fingerprint density at radius 1 is 1.33 bits per heavy atom. The Labute approximate surface area is 96.4 Å². The van der Waals surface area contributed by atoms with Gasteiger partial charge < -0.3 is 10.3 Å². The second-order valence-corrected chi connectivity index (χ2v) is 3.86. The summed E-state index contributed by atoms with van der Waals surface area (Å²) < 4.78 is 0. The number of hydroxylamine groups is 1. The van der Waals surface area contributed by atoms with Crippen LogP contribution in [0.1, 0.15) is 18.0 Å². The number of rotatable bonds is 4. The van der Waals surface area contributed by atoms with E-state index in [1.165, 1.54) is 6.07 Å². The van der Waals surface area contributed by atoms with Gasteiger partial charge in [-0.05, 0) is 23.8 Å². The molecule has 1 unspecified atom stereocenters. The zero-order valence-electron chi connectivity index (χ0n) is 7.58. The van der Waals surface area contributed by atoms with E-state index in [1.807, 2.05) is 5.48 Å². The number of nitrogens with one attached hydrogen (secondary N) is 1. The quantitative estimate of drug-likeness (QED) is 0.718. The molecule has 1 aromatic rings. The maximum atomic E-state index is 10.5. The minimum atomic E-state index is -1.03. The maximum absolute atomic E-state index is 10.5. The van der Waals surface area contributed by atoms with Crippen molar-refractivity contribution in [1.82, 2.24) is 5.48 Å². The summed E-state index contributed by atoms with van der Waals surface area (Å²) in [5.41, 5.74) is 2.43. The third-order valence-electron chi connectivity index (χ3n) is 1.82. The summed E-state index contributed by atoms with van der Waals surface area (Å²) in [6.45, 7) is 0. The standard InChI is InChI=1S/C9H9Cl2NO3/c10-6-1-5(2-7(11)3-6)8(12-15)4-9(13)14/h1-3,8,12,15H,4H2,(H,13,14). The average molecular weight is 250 g/mol. The Kier molecular flexibility index (Phi) is 4.35. The summed E-state index contributed by atoms with van der Waals surface area (Å²) >= 11 is 11.5. The SMILES string of the molecule is O=C(O)CC(NO)c1cc(Cl)cc(Cl)c1. The number of benzene rings is 1. The molecule has 0 saturated heterocycles. The fraction of sp³-hybridized carbons (Fsp3) is 0.222. The highest BCUT2D eigenvalue weighted by Crippen LogP contribution is 2.24. The van der Waals surface area contributed by atoms with E-state index in [0.717, 1.165) is 0 Å². The van der Waals surface area contributed by atoms with E-state index < -0.39 is 12.0 Å². The third-order valence-corrected chi connectivity index (χ3v) is 2.26. The van der Waals surface area contributed by atoms with Gasteiger partial charge in [0.2, 0.25) is 0 Å². The van der Waals surface area contributed by atoms with Crippen molar-refractivity contribution in [3.05, 3.63) is 33.8 Å². The van der Waals surface area contributed by atoms with Crippen LogP contribution in [0.25, 0.3) is 0 Å². The molecular formula is C9H9Cl2NO3. The molecule has 6 heteroatoms. The van der Waals surface area contributed by atoms with Gasteiger partial charge in [0.25, 0.3) is 0 Å². The van der Waals surface area contributed by atoms with Crippen molar-refractivity contribution in [3.8, 4) is 0 Å². The van der Waals surface area contributed by atoms with E-state index in [0.29, 0.717) is 15.6 Å². The second kappa shape index (κ2) is 5.32. The topological polar surface area (TPSA) is 69.6 Å². The maximum Gasteiger partial charge on any atom is 0.305 e. The Morgan fingerprint density at radius 3 is 2.27 bits per heavy atom. The normalized spacial score (nSPS) is 12.5. The van der Waals surface area contributed by atoms with Crippen LogP contribution in [-0.2, 0) is 4.79 Å². The minimum absolute atomic E-state index is 0.257. The number of aliphatic carboxylic acids is 1. The van der Waals surface area contributed by atoms with E-state index in [2.05, 4.69) is 0 Å². The monoisotopic (exact) mass is 249 g/mol. The summed E-state index contributed by atoms with van der Waals surface area (Å²) in [7, 11) is 0. The predicted molar refractivity (Wildman–Crippen MR) is 56.4 cm³/mol. The van der Waals surface area contributed by atoms with Crippen molar-refractivity contribution in [2.75, 3.05) is 0 Å². The van der Waals surface area contributed by atoms with Gasteiger partial charge in [0.05, 0.1) is 12.5 Å². The number of carboxylic acids is 1. The van der Waals surface area contributed by atoms with Crippen molar-refractivity contribution in [3.63, 3.8) is 0 Å². The van der Waals surface area contributed by atoms with Crippen molar-refractivity contribution in [2.24, 2.45) is 0 Å². The second-order valence-electron chi connectivity index (χ2n) is 2.98. The molecule has 0 bridgehead atoms. The van der Waals surface area contributed by atoms with Crippen molar-refractivity contribution in [2.45, 2.75) is 12.5 Å². The molecule has 0 amide bonds. The Balaban J connectivity index is 2.95. The molecule has 1 rings (SSSR count). The van der Waals surface area contributed by atoms with Gasteiger partial charge in [-0.1, -0.05) is 23.2 Å². The molecule has 1 aromatic carbocycles. The first-order valence-corrected chi connectivity index (χ1v) is 4.86.